The molecular weight excluding hydrogens is 789 g/mol. The molecule has 0 spiro atoms. The highest BCUT2D eigenvalue weighted by Crippen LogP contribution is 2.28. The Balaban J connectivity index is 0.000000188. The van der Waals surface area contributed by atoms with Gasteiger partial charge in [-0.1, -0.05) is 43.3 Å². The highest BCUT2D eigenvalue weighted by atomic mass is 16.5. The summed E-state index contributed by atoms with van der Waals surface area (Å²) in [5, 5.41) is 19.7. The number of aryl methyl sites for hydroxylation is 2. The first kappa shape index (κ1) is 43.2. The Morgan fingerprint density at radius 1 is 0.694 bits per heavy atom. The number of hydrogen-bond donors (Lipinski definition) is 4. The number of pyridine rings is 2. The van der Waals surface area contributed by atoms with E-state index in [0.29, 0.717) is 55.5 Å². The number of rotatable bonds is 11. The molecule has 2 aromatic heterocycles. The first-order chi connectivity index (χ1) is 30.0. The molecule has 2 aliphatic heterocycles. The minimum atomic E-state index is -0.486. The maximum Gasteiger partial charge on any atom is 0.254 e. The summed E-state index contributed by atoms with van der Waals surface area (Å²) in [6, 6.07) is 33.8. The molecule has 14 heteroatoms. The number of fused-ring (bicyclic) bond motifs is 2. The fourth-order valence-electron chi connectivity index (χ4n) is 7.99. The van der Waals surface area contributed by atoms with Gasteiger partial charge in [-0.2, -0.15) is 0 Å². The van der Waals surface area contributed by atoms with Gasteiger partial charge in [0.05, 0.1) is 22.9 Å². The number of hydroxylamine groups is 2. The quantitative estimate of drug-likeness (QED) is 0.0786. The number of para-hydroxylation sites is 2. The van der Waals surface area contributed by atoms with E-state index in [1.807, 2.05) is 74.5 Å². The summed E-state index contributed by atoms with van der Waals surface area (Å²) in [5.41, 5.74) is 10.3. The van der Waals surface area contributed by atoms with Crippen molar-refractivity contribution in [1.29, 1.82) is 0 Å². The van der Waals surface area contributed by atoms with Crippen LogP contribution in [0.4, 0.5) is 0 Å². The molecule has 2 saturated heterocycles. The molecule has 62 heavy (non-hydrogen) atoms. The molecule has 4 N–H and O–H groups in total. The van der Waals surface area contributed by atoms with E-state index in [-0.39, 0.29) is 23.8 Å². The third-order valence-electron chi connectivity index (χ3n) is 11.4. The molecule has 8 rings (SSSR count). The second kappa shape index (κ2) is 19.7. The van der Waals surface area contributed by atoms with E-state index < -0.39 is 17.7 Å². The molecule has 2 unspecified atom stereocenters. The Hall–Kier alpha value is -6.90. The van der Waals surface area contributed by atoms with E-state index in [1.54, 1.807) is 76.2 Å². The fourth-order valence-corrected chi connectivity index (χ4v) is 7.99. The van der Waals surface area contributed by atoms with Gasteiger partial charge in [-0.05, 0) is 106 Å². The van der Waals surface area contributed by atoms with E-state index >= 15 is 0 Å². The number of carbonyl (C=O) groups excluding carboxylic acids is 4. The lowest BCUT2D eigenvalue weighted by atomic mass is 9.90. The molecular formula is C48H50N6O8. The monoisotopic (exact) mass is 838 g/mol. The van der Waals surface area contributed by atoms with Gasteiger partial charge in [-0.15, -0.1) is 0 Å². The fraction of sp³-hybridized carbons (Fsp3) is 0.292. The number of nitrogens with zero attached hydrogens (tertiary/aromatic N) is 4. The van der Waals surface area contributed by atoms with Crippen LogP contribution in [0.3, 0.4) is 0 Å². The molecule has 0 radical (unpaired) electrons. The Labute approximate surface area is 359 Å². The second-order valence-electron chi connectivity index (χ2n) is 15.7. The third-order valence-corrected chi connectivity index (χ3v) is 11.4. The number of hydrogen-bond acceptors (Lipinski definition) is 10. The van der Waals surface area contributed by atoms with Crippen molar-refractivity contribution in [3.63, 3.8) is 0 Å². The summed E-state index contributed by atoms with van der Waals surface area (Å²) in [6.07, 6.45) is 2.59. The normalized spacial score (nSPS) is 15.5. The molecule has 6 aromatic rings. The Bertz CT molecular complexity index is 2560. The molecule has 4 heterocycles. The minimum Gasteiger partial charge on any atom is -0.489 e. The zero-order valence-electron chi connectivity index (χ0n) is 34.9. The van der Waals surface area contributed by atoms with Crippen LogP contribution in [0, 0.1) is 25.7 Å². The van der Waals surface area contributed by atoms with Crippen LogP contribution in [0.1, 0.15) is 69.4 Å². The second-order valence-corrected chi connectivity index (χ2v) is 15.7. The van der Waals surface area contributed by atoms with Gasteiger partial charge in [-0.25, -0.2) is 11.0 Å². The van der Waals surface area contributed by atoms with Crippen molar-refractivity contribution in [1.82, 2.24) is 30.7 Å². The number of benzene rings is 4. The van der Waals surface area contributed by atoms with Gasteiger partial charge in [0, 0.05) is 70.1 Å². The number of ether oxygens (including phenoxy) is 2. The minimum absolute atomic E-state index is 0.111. The van der Waals surface area contributed by atoms with Crippen molar-refractivity contribution >= 4 is 45.4 Å². The summed E-state index contributed by atoms with van der Waals surface area (Å²) >= 11 is 0. The van der Waals surface area contributed by atoms with E-state index in [9.17, 15) is 19.2 Å². The maximum atomic E-state index is 13.2. The number of likely N-dealkylation sites (tertiary alicyclic amines) is 2. The average molecular weight is 839 g/mol. The van der Waals surface area contributed by atoms with Gasteiger partial charge in [0.15, 0.2) is 0 Å². The predicted octanol–water partition coefficient (Wildman–Crippen LogP) is 6.96. The van der Waals surface area contributed by atoms with E-state index in [4.69, 9.17) is 19.9 Å². The van der Waals surface area contributed by atoms with E-state index in [0.717, 1.165) is 63.6 Å². The van der Waals surface area contributed by atoms with Crippen molar-refractivity contribution in [3.8, 4) is 11.5 Å². The molecule has 4 amide bonds. The summed E-state index contributed by atoms with van der Waals surface area (Å²) in [7, 11) is 0. The van der Waals surface area contributed by atoms with Gasteiger partial charge in [0.2, 0.25) is 11.8 Å². The summed E-state index contributed by atoms with van der Waals surface area (Å²) in [5.74, 6) is -0.687. The third kappa shape index (κ3) is 9.99. The van der Waals surface area contributed by atoms with Gasteiger partial charge < -0.3 is 19.3 Å². The topological polar surface area (TPSA) is 184 Å². The van der Waals surface area contributed by atoms with Crippen molar-refractivity contribution in [3.05, 3.63) is 143 Å². The van der Waals surface area contributed by atoms with E-state index in [2.05, 4.69) is 9.97 Å². The molecule has 2 atom stereocenters. The van der Waals surface area contributed by atoms with Gasteiger partial charge in [0.1, 0.15) is 24.7 Å². The van der Waals surface area contributed by atoms with Gasteiger partial charge in [-0.3, -0.25) is 39.6 Å². The molecule has 14 nitrogen and oxygen atoms in total. The Morgan fingerprint density at radius 2 is 1.19 bits per heavy atom. The first-order valence-corrected chi connectivity index (χ1v) is 20.7. The number of amides is 4. The Kier molecular flexibility index (Phi) is 13.7. The van der Waals surface area contributed by atoms with Crippen LogP contribution in [0.25, 0.3) is 21.8 Å². The molecule has 0 aliphatic carbocycles. The van der Waals surface area contributed by atoms with Crippen LogP contribution in [0.5, 0.6) is 11.5 Å². The van der Waals surface area contributed by atoms with Crippen LogP contribution in [-0.2, 0) is 22.8 Å². The van der Waals surface area contributed by atoms with Crippen LogP contribution in [0.2, 0.25) is 0 Å². The maximum absolute atomic E-state index is 13.2. The van der Waals surface area contributed by atoms with Crippen LogP contribution in [-0.4, -0.2) is 79.5 Å². The zero-order chi connectivity index (χ0) is 43.8. The molecule has 4 aromatic carbocycles. The zero-order valence-corrected chi connectivity index (χ0v) is 34.9. The van der Waals surface area contributed by atoms with Gasteiger partial charge in [0.25, 0.3) is 11.8 Å². The lowest BCUT2D eigenvalue weighted by molar-refractivity contribution is -0.137. The SMILES string of the molecule is Cc1cc(COc2ccc(C(=O)N3CC(C(=O)NO)C3)cc2)c2ccccc2n1.Cc1cc(COc2ccc(C(=O)N3CCCCC3C(C)C(=O)NO)cc2)c2ccccc2n1. The molecule has 2 fully saturated rings. The van der Waals surface area contributed by atoms with Gasteiger partial charge >= 0.3 is 0 Å². The van der Waals surface area contributed by atoms with Crippen molar-refractivity contribution in [2.45, 2.75) is 59.3 Å². The van der Waals surface area contributed by atoms with Crippen LogP contribution < -0.4 is 20.4 Å². The summed E-state index contributed by atoms with van der Waals surface area (Å²) in [4.78, 5) is 61.3. The standard InChI is InChI=1S/C26H29N3O4.C22H21N3O4/c1-17-15-20(22-7-3-4-8-23(22)27-17)16-33-21-12-10-19(11-13-21)26(31)29-14-6-5-9-24(29)18(2)25(30)28-32;1-14-10-16(19-4-2-3-5-20(19)23-14)13-29-18-8-6-15(7-9-18)22(27)25-11-17(12-25)21(26)24-28/h3-4,7-8,10-13,15,18,24,32H,5-6,9,14,16H2,1-2H3,(H,28,30);2-10,17,28H,11-13H2,1H3,(H,24,26). The highest BCUT2D eigenvalue weighted by molar-refractivity contribution is 5.96. The average Bonchev–Trinajstić information content (AvgIpc) is 3.29. The van der Waals surface area contributed by atoms with Crippen LogP contribution in [0.15, 0.2) is 109 Å². The van der Waals surface area contributed by atoms with Crippen LogP contribution >= 0.6 is 0 Å². The van der Waals surface area contributed by atoms with Crippen molar-refractivity contribution < 1.29 is 39.1 Å². The predicted molar refractivity (Wildman–Crippen MR) is 232 cm³/mol. The molecule has 2 aliphatic rings. The largest absolute Gasteiger partial charge is 0.489 e. The summed E-state index contributed by atoms with van der Waals surface area (Å²) < 4.78 is 11.9. The van der Waals surface area contributed by atoms with E-state index in [1.165, 1.54) is 0 Å². The summed E-state index contributed by atoms with van der Waals surface area (Å²) in [6.45, 7) is 7.68. The molecule has 320 valence electrons. The lowest BCUT2D eigenvalue weighted by Crippen LogP contribution is -2.55. The Morgan fingerprint density at radius 3 is 1.69 bits per heavy atom. The molecule has 0 saturated carbocycles. The molecule has 0 bridgehead atoms. The number of piperidine rings is 1. The lowest BCUT2D eigenvalue weighted by Gasteiger charge is -2.38. The number of nitrogens with one attached hydrogen (secondary N) is 2. The number of aromatic nitrogens is 2. The number of carbonyl (C=O) groups is 4. The van der Waals surface area contributed by atoms with Crippen molar-refractivity contribution in [2.24, 2.45) is 11.8 Å². The highest BCUT2D eigenvalue weighted by Gasteiger charge is 2.36. The van der Waals surface area contributed by atoms with Crippen molar-refractivity contribution in [2.75, 3.05) is 19.6 Å². The smallest absolute Gasteiger partial charge is 0.254 e. The first-order valence-electron chi connectivity index (χ1n) is 20.7.